The number of urea groups is 1. The van der Waals surface area contributed by atoms with Crippen LogP contribution in [0, 0.1) is 6.92 Å². The molecule has 0 saturated carbocycles. The van der Waals surface area contributed by atoms with E-state index < -0.39 is 0 Å². The topological polar surface area (TPSA) is 114 Å². The molecular weight excluding hydrogens is 438 g/mol. The molecule has 11 heteroatoms. The third-order valence-electron chi connectivity index (χ3n) is 5.80. The smallest absolute Gasteiger partial charge is 0.322 e. The highest BCUT2D eigenvalue weighted by Gasteiger charge is 2.27. The molecule has 0 unspecified atom stereocenters. The first-order valence-corrected chi connectivity index (χ1v) is 11.3. The molecule has 180 valence electrons. The summed E-state index contributed by atoms with van der Waals surface area (Å²) in [6.45, 7) is 6.31. The van der Waals surface area contributed by atoms with Crippen molar-refractivity contribution in [2.45, 2.75) is 26.7 Å². The quantitative estimate of drug-likeness (QED) is 0.527. The number of piperazine rings is 1. The highest BCUT2D eigenvalue weighted by Crippen LogP contribution is 2.27. The van der Waals surface area contributed by atoms with Gasteiger partial charge in [0, 0.05) is 43.9 Å². The number of carbonyl (C=O) groups excluding carboxylic acids is 2. The summed E-state index contributed by atoms with van der Waals surface area (Å²) in [4.78, 5) is 37.6. The number of benzene rings is 1. The van der Waals surface area contributed by atoms with E-state index in [9.17, 15) is 9.59 Å². The fourth-order valence-corrected chi connectivity index (χ4v) is 4.11. The van der Waals surface area contributed by atoms with Crippen molar-refractivity contribution in [3.05, 3.63) is 41.9 Å². The summed E-state index contributed by atoms with van der Waals surface area (Å²) in [6, 6.07) is 7.14. The maximum atomic E-state index is 12.9. The van der Waals surface area contributed by atoms with Gasteiger partial charge in [-0.15, -0.1) is 0 Å². The predicted octanol–water partition coefficient (Wildman–Crippen LogP) is 2.29. The number of fused-ring (bicyclic) bond motifs is 1. The molecule has 0 bridgehead atoms. The normalized spacial score (nSPS) is 13.7. The number of aryl methyl sites for hydroxylation is 1. The van der Waals surface area contributed by atoms with Crippen LogP contribution in [0.3, 0.4) is 0 Å². The number of anilines is 2. The summed E-state index contributed by atoms with van der Waals surface area (Å²) in [7, 11) is 1.57. The molecule has 11 nitrogen and oxygen atoms in total. The van der Waals surface area contributed by atoms with Crippen molar-refractivity contribution in [1.29, 1.82) is 0 Å². The van der Waals surface area contributed by atoms with E-state index in [2.05, 4.69) is 25.3 Å². The van der Waals surface area contributed by atoms with Gasteiger partial charge in [-0.25, -0.2) is 9.78 Å². The Morgan fingerprint density at radius 2 is 1.91 bits per heavy atom. The molecule has 3 aromatic rings. The highest BCUT2D eigenvalue weighted by atomic mass is 16.5. The van der Waals surface area contributed by atoms with E-state index in [0.717, 1.165) is 17.1 Å². The standard InChI is InChI=1S/C23H29N7O4/c1-4-34-20(31)10-9-17-16(2)26-22-24-15-25-30(22)21(17)28-11-13-29(14-12-28)23(32)27-18-7-5-6-8-19(18)33-3/h5-8,15H,4,9-14H2,1-3H3,(H,27,32). The second-order valence-corrected chi connectivity index (χ2v) is 7.88. The number of para-hydroxylation sites is 2. The van der Waals surface area contributed by atoms with Gasteiger partial charge in [0.15, 0.2) is 0 Å². The Labute approximate surface area is 197 Å². The lowest BCUT2D eigenvalue weighted by atomic mass is 10.1. The van der Waals surface area contributed by atoms with Crippen LogP contribution in [0.25, 0.3) is 5.78 Å². The minimum absolute atomic E-state index is 0.177. The number of ether oxygens (including phenoxy) is 2. The zero-order valence-electron chi connectivity index (χ0n) is 19.7. The Hall–Kier alpha value is -3.89. The third-order valence-corrected chi connectivity index (χ3v) is 5.80. The fourth-order valence-electron chi connectivity index (χ4n) is 4.11. The first-order valence-electron chi connectivity index (χ1n) is 11.3. The van der Waals surface area contributed by atoms with Crippen LogP contribution < -0.4 is 15.0 Å². The lowest BCUT2D eigenvalue weighted by Gasteiger charge is -2.37. The number of nitrogens with zero attached hydrogens (tertiary/aromatic N) is 6. The van der Waals surface area contributed by atoms with E-state index in [0.29, 0.717) is 56.4 Å². The highest BCUT2D eigenvalue weighted by molar-refractivity contribution is 5.91. The number of hydrogen-bond donors (Lipinski definition) is 1. The summed E-state index contributed by atoms with van der Waals surface area (Å²) in [5, 5.41) is 7.30. The Bertz CT molecular complexity index is 1170. The molecule has 0 spiro atoms. The Morgan fingerprint density at radius 1 is 1.15 bits per heavy atom. The number of esters is 1. The number of hydrogen-bond acceptors (Lipinski definition) is 8. The Morgan fingerprint density at radius 3 is 2.65 bits per heavy atom. The van der Waals surface area contributed by atoms with Gasteiger partial charge in [0.25, 0.3) is 5.78 Å². The largest absolute Gasteiger partial charge is 0.495 e. The maximum Gasteiger partial charge on any atom is 0.322 e. The van der Waals surface area contributed by atoms with Crippen molar-refractivity contribution in [1.82, 2.24) is 24.5 Å². The molecule has 2 amide bonds. The summed E-state index contributed by atoms with van der Waals surface area (Å²) < 4.78 is 12.1. The lowest BCUT2D eigenvalue weighted by Crippen LogP contribution is -2.50. The Kier molecular flexibility index (Phi) is 7.09. The zero-order valence-corrected chi connectivity index (χ0v) is 19.7. The molecule has 3 heterocycles. The lowest BCUT2D eigenvalue weighted by molar-refractivity contribution is -0.143. The van der Waals surface area contributed by atoms with E-state index in [-0.39, 0.29) is 18.4 Å². The van der Waals surface area contributed by atoms with Crippen molar-refractivity contribution in [3.63, 3.8) is 0 Å². The first-order chi connectivity index (χ1) is 16.5. The molecule has 2 aromatic heterocycles. The second-order valence-electron chi connectivity index (χ2n) is 7.88. The van der Waals surface area contributed by atoms with E-state index in [1.165, 1.54) is 6.33 Å². The number of rotatable bonds is 7. The van der Waals surface area contributed by atoms with Crippen molar-refractivity contribution < 1.29 is 19.1 Å². The molecule has 1 saturated heterocycles. The van der Waals surface area contributed by atoms with E-state index >= 15 is 0 Å². The average molecular weight is 468 g/mol. The fraction of sp³-hybridized carbons (Fsp3) is 0.435. The number of nitrogens with one attached hydrogen (secondary N) is 1. The van der Waals surface area contributed by atoms with Crippen LogP contribution in [0.15, 0.2) is 30.6 Å². The number of amides is 2. The molecule has 4 rings (SSSR count). The van der Waals surface area contributed by atoms with Crippen LogP contribution in [0.2, 0.25) is 0 Å². The number of aromatic nitrogens is 4. The van der Waals surface area contributed by atoms with Crippen molar-refractivity contribution in [2.75, 3.05) is 50.1 Å². The summed E-state index contributed by atoms with van der Waals surface area (Å²) in [6.07, 6.45) is 2.21. The van der Waals surface area contributed by atoms with Crippen LogP contribution in [-0.2, 0) is 16.0 Å². The number of methoxy groups -OCH3 is 1. The third kappa shape index (κ3) is 4.87. The molecule has 34 heavy (non-hydrogen) atoms. The van der Waals surface area contributed by atoms with Gasteiger partial charge in [0.1, 0.15) is 17.9 Å². The molecule has 0 atom stereocenters. The van der Waals surface area contributed by atoms with Crippen molar-refractivity contribution >= 4 is 29.3 Å². The monoisotopic (exact) mass is 467 g/mol. The number of carbonyl (C=O) groups is 2. The van der Waals surface area contributed by atoms with E-state index in [1.54, 1.807) is 29.5 Å². The minimum atomic E-state index is -0.246. The summed E-state index contributed by atoms with van der Waals surface area (Å²) in [5.41, 5.74) is 2.36. The van der Waals surface area contributed by atoms with Gasteiger partial charge in [-0.3, -0.25) is 4.79 Å². The molecule has 1 fully saturated rings. The van der Waals surface area contributed by atoms with E-state index in [1.807, 2.05) is 25.1 Å². The predicted molar refractivity (Wildman–Crippen MR) is 126 cm³/mol. The molecule has 1 aliphatic rings. The van der Waals surface area contributed by atoms with Crippen LogP contribution in [0.4, 0.5) is 16.3 Å². The van der Waals surface area contributed by atoms with Gasteiger partial charge in [-0.05, 0) is 32.4 Å². The SMILES string of the molecule is CCOC(=O)CCc1c(C)nc2ncnn2c1N1CCN(C(=O)Nc2ccccc2OC)CC1. The van der Waals surface area contributed by atoms with Gasteiger partial charge in [0.2, 0.25) is 0 Å². The van der Waals surface area contributed by atoms with Crippen LogP contribution in [0.1, 0.15) is 24.6 Å². The van der Waals surface area contributed by atoms with Gasteiger partial charge in [-0.2, -0.15) is 14.6 Å². The van der Waals surface area contributed by atoms with Crippen LogP contribution in [-0.4, -0.2) is 76.4 Å². The Balaban J connectivity index is 1.50. The van der Waals surface area contributed by atoms with Crippen molar-refractivity contribution in [3.8, 4) is 5.75 Å². The molecule has 1 N–H and O–H groups in total. The molecule has 1 aromatic carbocycles. The summed E-state index contributed by atoms with van der Waals surface area (Å²) in [5.74, 6) is 1.73. The van der Waals surface area contributed by atoms with Gasteiger partial charge >= 0.3 is 12.0 Å². The average Bonchev–Trinajstić information content (AvgIpc) is 3.31. The van der Waals surface area contributed by atoms with Gasteiger partial charge in [0.05, 0.1) is 19.4 Å². The maximum absolute atomic E-state index is 12.9. The molecule has 0 radical (unpaired) electrons. The first kappa shape index (κ1) is 23.3. The van der Waals surface area contributed by atoms with E-state index in [4.69, 9.17) is 9.47 Å². The molecular formula is C23H29N7O4. The second kappa shape index (κ2) is 10.4. The van der Waals surface area contributed by atoms with Gasteiger partial charge < -0.3 is 24.6 Å². The van der Waals surface area contributed by atoms with Crippen LogP contribution >= 0.6 is 0 Å². The minimum Gasteiger partial charge on any atom is -0.495 e. The van der Waals surface area contributed by atoms with Crippen LogP contribution in [0.5, 0.6) is 5.75 Å². The zero-order chi connectivity index (χ0) is 24.1. The molecule has 0 aliphatic carbocycles. The summed E-state index contributed by atoms with van der Waals surface area (Å²) >= 11 is 0. The molecule has 1 aliphatic heterocycles. The van der Waals surface area contributed by atoms with Crippen molar-refractivity contribution in [2.24, 2.45) is 0 Å². The van der Waals surface area contributed by atoms with Gasteiger partial charge in [-0.1, -0.05) is 12.1 Å².